The van der Waals surface area contributed by atoms with Crippen molar-refractivity contribution in [2.75, 3.05) is 40.3 Å². The molecule has 1 unspecified atom stereocenters. The van der Waals surface area contributed by atoms with Gasteiger partial charge in [-0.25, -0.2) is 4.98 Å². The summed E-state index contributed by atoms with van der Waals surface area (Å²) in [5.74, 6) is 0.794. The summed E-state index contributed by atoms with van der Waals surface area (Å²) in [7, 11) is 4.42. The van der Waals surface area contributed by atoms with Gasteiger partial charge < -0.3 is 15.2 Å². The second-order valence-electron chi connectivity index (χ2n) is 6.45. The molecule has 1 fully saturated rings. The summed E-state index contributed by atoms with van der Waals surface area (Å²) in [6.07, 6.45) is 7.64. The van der Waals surface area contributed by atoms with Crippen LogP contribution in [0.15, 0.2) is 12.5 Å². The van der Waals surface area contributed by atoms with Gasteiger partial charge in [0.25, 0.3) is 0 Å². The van der Waals surface area contributed by atoms with Crippen LogP contribution in [0.5, 0.6) is 0 Å². The van der Waals surface area contributed by atoms with Gasteiger partial charge in [-0.15, -0.1) is 0 Å². The molecule has 21 heavy (non-hydrogen) atoms. The van der Waals surface area contributed by atoms with Crippen molar-refractivity contribution >= 4 is 0 Å². The smallest absolute Gasteiger partial charge is 0.0948 e. The van der Waals surface area contributed by atoms with Crippen molar-refractivity contribution < 1.29 is 0 Å². The van der Waals surface area contributed by atoms with Gasteiger partial charge in [0.2, 0.25) is 0 Å². The van der Waals surface area contributed by atoms with Gasteiger partial charge in [-0.2, -0.15) is 0 Å². The van der Waals surface area contributed by atoms with E-state index in [1.807, 2.05) is 12.5 Å². The lowest BCUT2D eigenvalue weighted by atomic mass is 9.96. The fraction of sp³-hybridized carbons (Fsp3) is 0.812. The van der Waals surface area contributed by atoms with Gasteiger partial charge in [-0.1, -0.05) is 6.92 Å². The first-order valence-electron chi connectivity index (χ1n) is 8.24. The SMILES string of the molecule is CCCn1cncc1C(CN)N(C)CC1CCN(C)CC1. The molecule has 1 atom stereocenters. The van der Waals surface area contributed by atoms with Crippen LogP contribution in [-0.4, -0.2) is 59.6 Å². The molecule has 1 saturated heterocycles. The summed E-state index contributed by atoms with van der Waals surface area (Å²) in [5.41, 5.74) is 7.33. The number of piperidine rings is 1. The molecule has 0 aromatic carbocycles. The van der Waals surface area contributed by atoms with Gasteiger partial charge >= 0.3 is 0 Å². The van der Waals surface area contributed by atoms with Gasteiger partial charge in [-0.05, 0) is 52.4 Å². The van der Waals surface area contributed by atoms with E-state index in [0.29, 0.717) is 6.54 Å². The molecule has 0 amide bonds. The van der Waals surface area contributed by atoms with E-state index in [1.165, 1.54) is 31.6 Å². The van der Waals surface area contributed by atoms with Crippen molar-refractivity contribution in [2.45, 2.75) is 38.8 Å². The van der Waals surface area contributed by atoms with E-state index >= 15 is 0 Å². The van der Waals surface area contributed by atoms with Crippen molar-refractivity contribution in [1.82, 2.24) is 19.4 Å². The average Bonchev–Trinajstić information content (AvgIpc) is 2.91. The van der Waals surface area contributed by atoms with Crippen LogP contribution in [0.4, 0.5) is 0 Å². The van der Waals surface area contributed by atoms with Gasteiger partial charge in [-0.3, -0.25) is 4.90 Å². The van der Waals surface area contributed by atoms with Gasteiger partial charge in [0.15, 0.2) is 0 Å². The number of imidazole rings is 1. The zero-order valence-corrected chi connectivity index (χ0v) is 13.8. The first-order valence-corrected chi connectivity index (χ1v) is 8.24. The second-order valence-corrected chi connectivity index (χ2v) is 6.45. The van der Waals surface area contributed by atoms with Crippen molar-refractivity contribution in [1.29, 1.82) is 0 Å². The highest BCUT2D eigenvalue weighted by molar-refractivity contribution is 5.06. The topological polar surface area (TPSA) is 50.3 Å². The van der Waals surface area contributed by atoms with E-state index in [9.17, 15) is 0 Å². The number of nitrogens with two attached hydrogens (primary N) is 1. The molecular formula is C16H31N5. The Labute approximate surface area is 129 Å². The third-order valence-corrected chi connectivity index (χ3v) is 4.69. The van der Waals surface area contributed by atoms with Crippen LogP contribution in [0.3, 0.4) is 0 Å². The first kappa shape index (κ1) is 16.5. The van der Waals surface area contributed by atoms with Crippen LogP contribution >= 0.6 is 0 Å². The molecule has 0 bridgehead atoms. The molecule has 0 spiro atoms. The summed E-state index contributed by atoms with van der Waals surface area (Å²) < 4.78 is 2.25. The summed E-state index contributed by atoms with van der Waals surface area (Å²) in [5, 5.41) is 0. The number of rotatable bonds is 7. The fourth-order valence-corrected chi connectivity index (χ4v) is 3.34. The maximum Gasteiger partial charge on any atom is 0.0948 e. The monoisotopic (exact) mass is 293 g/mol. The van der Waals surface area contributed by atoms with Crippen molar-refractivity contribution in [3.05, 3.63) is 18.2 Å². The molecule has 1 aromatic rings. The van der Waals surface area contributed by atoms with Crippen LogP contribution in [0, 0.1) is 5.92 Å². The van der Waals surface area contributed by atoms with Crippen LogP contribution in [0.2, 0.25) is 0 Å². The Morgan fingerprint density at radius 2 is 2.14 bits per heavy atom. The molecule has 2 N–H and O–H groups in total. The molecule has 0 aliphatic carbocycles. The zero-order chi connectivity index (χ0) is 15.2. The Balaban J connectivity index is 1.97. The Bertz CT molecular complexity index is 409. The molecule has 1 aliphatic rings. The minimum absolute atomic E-state index is 0.277. The fourth-order valence-electron chi connectivity index (χ4n) is 3.34. The van der Waals surface area contributed by atoms with Gasteiger partial charge in [0.05, 0.1) is 18.1 Å². The van der Waals surface area contributed by atoms with Gasteiger partial charge in [0.1, 0.15) is 0 Å². The third-order valence-electron chi connectivity index (χ3n) is 4.69. The number of nitrogens with zero attached hydrogens (tertiary/aromatic N) is 4. The maximum absolute atomic E-state index is 6.07. The highest BCUT2D eigenvalue weighted by Gasteiger charge is 2.24. The Kier molecular flexibility index (Phi) is 6.21. The number of aromatic nitrogens is 2. The van der Waals surface area contributed by atoms with E-state index in [0.717, 1.165) is 25.4 Å². The van der Waals surface area contributed by atoms with Gasteiger partial charge in [0, 0.05) is 25.8 Å². The van der Waals surface area contributed by atoms with Crippen molar-refractivity contribution in [3.63, 3.8) is 0 Å². The van der Waals surface area contributed by atoms with Crippen molar-refractivity contribution in [3.8, 4) is 0 Å². The lowest BCUT2D eigenvalue weighted by Gasteiger charge is -2.35. The second kappa shape index (κ2) is 7.92. The minimum Gasteiger partial charge on any atom is -0.333 e. The van der Waals surface area contributed by atoms with E-state index < -0.39 is 0 Å². The largest absolute Gasteiger partial charge is 0.333 e. The summed E-state index contributed by atoms with van der Waals surface area (Å²) in [6, 6.07) is 0.277. The van der Waals surface area contributed by atoms with Crippen molar-refractivity contribution in [2.24, 2.45) is 11.7 Å². The third kappa shape index (κ3) is 4.28. The Hall–Kier alpha value is -0.910. The summed E-state index contributed by atoms with van der Waals surface area (Å²) in [4.78, 5) is 9.18. The number of aryl methyl sites for hydroxylation is 1. The predicted molar refractivity (Wildman–Crippen MR) is 87.2 cm³/mol. The summed E-state index contributed by atoms with van der Waals surface area (Å²) in [6.45, 7) is 7.45. The molecule has 2 rings (SSSR count). The molecule has 5 heteroatoms. The Morgan fingerprint density at radius 1 is 1.43 bits per heavy atom. The number of likely N-dealkylation sites (N-methyl/N-ethyl adjacent to an activating group) is 1. The normalized spacial score (nSPS) is 19.3. The van der Waals surface area contributed by atoms with E-state index in [-0.39, 0.29) is 6.04 Å². The molecule has 5 nitrogen and oxygen atoms in total. The lowest BCUT2D eigenvalue weighted by Crippen LogP contribution is -2.39. The van der Waals surface area contributed by atoms with Crippen LogP contribution in [0.1, 0.15) is 37.9 Å². The number of hydrogen-bond donors (Lipinski definition) is 1. The number of hydrogen-bond acceptors (Lipinski definition) is 4. The van der Waals surface area contributed by atoms with E-state index in [1.54, 1.807) is 0 Å². The Morgan fingerprint density at radius 3 is 2.76 bits per heavy atom. The molecule has 0 radical (unpaired) electrons. The predicted octanol–water partition coefficient (Wildman–Crippen LogP) is 1.57. The molecular weight excluding hydrogens is 262 g/mol. The maximum atomic E-state index is 6.07. The quantitative estimate of drug-likeness (QED) is 0.829. The standard InChI is InChI=1S/C16H31N5/c1-4-7-21-13-18-11-16(21)15(10-17)20(3)12-14-5-8-19(2)9-6-14/h11,13-15H,4-10,12,17H2,1-3H3. The molecule has 0 saturated carbocycles. The molecule has 1 aliphatic heterocycles. The highest BCUT2D eigenvalue weighted by atomic mass is 15.2. The average molecular weight is 293 g/mol. The lowest BCUT2D eigenvalue weighted by molar-refractivity contribution is 0.148. The van der Waals surface area contributed by atoms with Crippen LogP contribution in [-0.2, 0) is 6.54 Å². The zero-order valence-electron chi connectivity index (χ0n) is 13.8. The highest BCUT2D eigenvalue weighted by Crippen LogP contribution is 2.23. The minimum atomic E-state index is 0.277. The molecule has 120 valence electrons. The summed E-state index contributed by atoms with van der Waals surface area (Å²) >= 11 is 0. The molecule has 1 aromatic heterocycles. The van der Waals surface area contributed by atoms with Crippen LogP contribution in [0.25, 0.3) is 0 Å². The van der Waals surface area contributed by atoms with E-state index in [2.05, 4.69) is 40.4 Å². The number of likely N-dealkylation sites (tertiary alicyclic amines) is 1. The van der Waals surface area contributed by atoms with Crippen LogP contribution < -0.4 is 5.73 Å². The van der Waals surface area contributed by atoms with E-state index in [4.69, 9.17) is 5.73 Å². The molecule has 2 heterocycles. The first-order chi connectivity index (χ1) is 10.2.